The average Bonchev–Trinajstić information content (AvgIpc) is 2.59. The number of amides is 2. The molecule has 1 aliphatic heterocycles. The molecule has 130 valence electrons. The topological polar surface area (TPSA) is 61.4 Å². The fourth-order valence-electron chi connectivity index (χ4n) is 3.03. The summed E-state index contributed by atoms with van der Waals surface area (Å²) < 4.78 is 0. The smallest absolute Gasteiger partial charge is 0.309 e. The second-order valence-corrected chi connectivity index (χ2v) is 6.06. The van der Waals surface area contributed by atoms with Gasteiger partial charge in [0.05, 0.1) is 0 Å². The summed E-state index contributed by atoms with van der Waals surface area (Å²) in [5.41, 5.74) is 3.93. The van der Waals surface area contributed by atoms with Crippen molar-refractivity contribution in [2.45, 2.75) is 32.6 Å². The zero-order valence-corrected chi connectivity index (χ0v) is 14.4. The molecule has 2 N–H and O–H groups in total. The van der Waals surface area contributed by atoms with Crippen molar-refractivity contribution < 1.29 is 9.59 Å². The van der Waals surface area contributed by atoms with Crippen molar-refractivity contribution in [1.82, 2.24) is 10.6 Å². The highest BCUT2D eigenvalue weighted by molar-refractivity contribution is 6.35. The van der Waals surface area contributed by atoms with Gasteiger partial charge < -0.3 is 15.5 Å². The van der Waals surface area contributed by atoms with Crippen LogP contribution >= 0.6 is 0 Å². The Balaban J connectivity index is 1.87. The van der Waals surface area contributed by atoms with E-state index in [2.05, 4.69) is 47.2 Å². The molecule has 0 bridgehead atoms. The maximum Gasteiger partial charge on any atom is 0.309 e. The summed E-state index contributed by atoms with van der Waals surface area (Å²) in [5, 5.41) is 5.12. The number of nitrogens with zero attached hydrogens (tertiary/aromatic N) is 1. The molecule has 1 aliphatic rings. The highest BCUT2D eigenvalue weighted by Gasteiger charge is 2.16. The van der Waals surface area contributed by atoms with Crippen LogP contribution in [0.25, 0.3) is 0 Å². The molecule has 5 nitrogen and oxygen atoms in total. The molecule has 5 heteroatoms. The molecule has 0 spiro atoms. The van der Waals surface area contributed by atoms with Crippen LogP contribution in [0.4, 0.5) is 5.69 Å². The molecular formula is C19H27N3O2. The summed E-state index contributed by atoms with van der Waals surface area (Å²) in [5.74, 6) is -1.21. The predicted molar refractivity (Wildman–Crippen MR) is 97.2 cm³/mol. The molecule has 24 heavy (non-hydrogen) atoms. The van der Waals surface area contributed by atoms with Gasteiger partial charge in [-0.05, 0) is 42.9 Å². The molecule has 0 aliphatic carbocycles. The van der Waals surface area contributed by atoms with Crippen molar-refractivity contribution >= 4 is 17.5 Å². The number of hydrogen-bond donors (Lipinski definition) is 2. The quantitative estimate of drug-likeness (QED) is 0.592. The third kappa shape index (κ3) is 4.85. The molecule has 0 saturated carbocycles. The molecule has 2 rings (SSSR count). The molecule has 1 heterocycles. The molecule has 1 aromatic rings. The Kier molecular flexibility index (Phi) is 6.85. The fraction of sp³-hybridized carbons (Fsp3) is 0.474. The van der Waals surface area contributed by atoms with Crippen molar-refractivity contribution in [1.29, 1.82) is 0 Å². The van der Waals surface area contributed by atoms with Crippen molar-refractivity contribution in [3.63, 3.8) is 0 Å². The Labute approximate surface area is 144 Å². The largest absolute Gasteiger partial charge is 0.371 e. The van der Waals surface area contributed by atoms with Crippen LogP contribution < -0.4 is 15.5 Å². The highest BCUT2D eigenvalue weighted by atomic mass is 16.2. The Morgan fingerprint density at radius 1 is 1.29 bits per heavy atom. The number of carbonyl (C=O) groups is 2. The standard InChI is InChI=1S/C19H27N3O2/c1-3-10-20-18(23)19(24)21-11-9-15-7-8-17-16(14-15)6-5-13-22(17)12-4-2/h3,7-8,14H,1,4-6,9-13H2,2H3,(H,20,23)(H,21,24). The van der Waals surface area contributed by atoms with Crippen LogP contribution in [0.3, 0.4) is 0 Å². The van der Waals surface area contributed by atoms with Crippen LogP contribution in [0, 0.1) is 0 Å². The number of nitrogens with one attached hydrogen (secondary N) is 2. The molecular weight excluding hydrogens is 302 g/mol. The van der Waals surface area contributed by atoms with E-state index < -0.39 is 11.8 Å². The lowest BCUT2D eigenvalue weighted by molar-refractivity contribution is -0.139. The lowest BCUT2D eigenvalue weighted by atomic mass is 9.98. The van der Waals surface area contributed by atoms with Gasteiger partial charge in [0.1, 0.15) is 0 Å². The zero-order chi connectivity index (χ0) is 17.4. The van der Waals surface area contributed by atoms with Crippen molar-refractivity contribution in [2.75, 3.05) is 31.1 Å². The van der Waals surface area contributed by atoms with Crippen LogP contribution in [0.2, 0.25) is 0 Å². The Morgan fingerprint density at radius 2 is 2.08 bits per heavy atom. The zero-order valence-electron chi connectivity index (χ0n) is 14.4. The van der Waals surface area contributed by atoms with Gasteiger partial charge in [0.25, 0.3) is 0 Å². The molecule has 0 atom stereocenters. The second-order valence-electron chi connectivity index (χ2n) is 6.06. The summed E-state index contributed by atoms with van der Waals surface area (Å²) in [7, 11) is 0. The first-order valence-electron chi connectivity index (χ1n) is 8.69. The van der Waals surface area contributed by atoms with Gasteiger partial charge in [0.15, 0.2) is 0 Å². The predicted octanol–water partition coefficient (Wildman–Crippen LogP) is 1.81. The van der Waals surface area contributed by atoms with Crippen molar-refractivity contribution in [2.24, 2.45) is 0 Å². The summed E-state index contributed by atoms with van der Waals surface area (Å²) in [6.45, 7) is 8.69. The molecule has 2 amide bonds. The van der Waals surface area contributed by atoms with Gasteiger partial charge >= 0.3 is 11.8 Å². The fourth-order valence-corrected chi connectivity index (χ4v) is 3.03. The van der Waals surface area contributed by atoms with E-state index in [1.165, 1.54) is 23.2 Å². The highest BCUT2D eigenvalue weighted by Crippen LogP contribution is 2.28. The Morgan fingerprint density at radius 3 is 2.83 bits per heavy atom. The first-order valence-corrected chi connectivity index (χ1v) is 8.69. The number of carbonyl (C=O) groups excluding carboxylic acids is 2. The molecule has 0 radical (unpaired) electrons. The number of aryl methyl sites for hydroxylation is 1. The van der Waals surface area contributed by atoms with Crippen LogP contribution in [0.5, 0.6) is 0 Å². The molecule has 0 saturated heterocycles. The average molecular weight is 329 g/mol. The van der Waals surface area contributed by atoms with E-state index in [1.54, 1.807) is 6.08 Å². The maximum absolute atomic E-state index is 11.6. The summed E-state index contributed by atoms with van der Waals surface area (Å²) in [6, 6.07) is 6.55. The molecule has 1 aromatic carbocycles. The lowest BCUT2D eigenvalue weighted by Gasteiger charge is -2.31. The minimum atomic E-state index is -0.615. The molecule has 0 fully saturated rings. The van der Waals surface area contributed by atoms with Crippen LogP contribution in [-0.2, 0) is 22.4 Å². The SMILES string of the molecule is C=CCNC(=O)C(=O)NCCc1ccc2c(c1)CCCN2CCC. The number of anilines is 1. The van der Waals surface area contributed by atoms with Gasteiger partial charge in [0.2, 0.25) is 0 Å². The molecule has 0 unspecified atom stereocenters. The van der Waals surface area contributed by atoms with E-state index in [1.807, 2.05) is 0 Å². The van der Waals surface area contributed by atoms with Gasteiger partial charge in [-0.3, -0.25) is 9.59 Å². The van der Waals surface area contributed by atoms with Crippen molar-refractivity contribution in [3.8, 4) is 0 Å². The number of hydrogen-bond acceptors (Lipinski definition) is 3. The van der Waals surface area contributed by atoms with Gasteiger partial charge in [-0.15, -0.1) is 6.58 Å². The van der Waals surface area contributed by atoms with E-state index in [-0.39, 0.29) is 0 Å². The monoisotopic (exact) mass is 329 g/mol. The first kappa shape index (κ1) is 18.0. The van der Waals surface area contributed by atoms with Gasteiger partial charge in [0, 0.05) is 31.9 Å². The van der Waals surface area contributed by atoms with E-state index in [9.17, 15) is 9.59 Å². The van der Waals surface area contributed by atoms with E-state index in [0.29, 0.717) is 13.1 Å². The maximum atomic E-state index is 11.6. The summed E-state index contributed by atoms with van der Waals surface area (Å²) in [6.07, 6.45) is 5.72. The van der Waals surface area contributed by atoms with Gasteiger partial charge in [-0.25, -0.2) is 0 Å². The van der Waals surface area contributed by atoms with Gasteiger partial charge in [-0.1, -0.05) is 25.1 Å². The third-order valence-electron chi connectivity index (χ3n) is 4.16. The Hall–Kier alpha value is -2.30. The Bertz CT molecular complexity index is 598. The summed E-state index contributed by atoms with van der Waals surface area (Å²) in [4.78, 5) is 25.5. The van der Waals surface area contributed by atoms with Crippen LogP contribution in [0.1, 0.15) is 30.9 Å². The first-order chi connectivity index (χ1) is 11.7. The number of rotatable bonds is 7. The summed E-state index contributed by atoms with van der Waals surface area (Å²) >= 11 is 0. The number of benzene rings is 1. The van der Waals surface area contributed by atoms with E-state index >= 15 is 0 Å². The molecule has 0 aromatic heterocycles. The van der Waals surface area contributed by atoms with Crippen LogP contribution in [-0.4, -0.2) is 38.0 Å². The lowest BCUT2D eigenvalue weighted by Crippen LogP contribution is -2.40. The van der Waals surface area contributed by atoms with Gasteiger partial charge in [-0.2, -0.15) is 0 Å². The minimum Gasteiger partial charge on any atom is -0.371 e. The normalized spacial score (nSPS) is 13.1. The van der Waals surface area contributed by atoms with E-state index in [0.717, 1.165) is 32.4 Å². The minimum absolute atomic E-state index is 0.297. The van der Waals surface area contributed by atoms with Crippen molar-refractivity contribution in [3.05, 3.63) is 42.0 Å². The van der Waals surface area contributed by atoms with Crippen LogP contribution in [0.15, 0.2) is 30.9 Å². The number of fused-ring (bicyclic) bond motifs is 1. The third-order valence-corrected chi connectivity index (χ3v) is 4.16. The van der Waals surface area contributed by atoms with E-state index in [4.69, 9.17) is 0 Å². The second kappa shape index (κ2) is 9.11.